The van der Waals surface area contributed by atoms with Crippen molar-refractivity contribution in [1.82, 2.24) is 0 Å². The number of ether oxygens (including phenoxy) is 1. The number of hydrogen-bond acceptors (Lipinski definition) is 1. The molecule has 0 N–H and O–H groups in total. The Bertz CT molecular complexity index is 1270. The molecular weight excluding hydrogens is 472 g/mol. The minimum atomic E-state index is 0.296. The zero-order valence-corrected chi connectivity index (χ0v) is 23.0. The largest absolute Gasteiger partial charge is 0.370 e. The first-order chi connectivity index (χ1) is 19.4. The van der Waals surface area contributed by atoms with Crippen molar-refractivity contribution in [2.45, 2.75) is 56.7 Å². The molecule has 12 unspecified atom stereocenters. The summed E-state index contributed by atoms with van der Waals surface area (Å²) in [5.74, 6) is 6.26. The van der Waals surface area contributed by atoms with Gasteiger partial charge in [-0.3, -0.25) is 0 Å². The maximum Gasteiger partial charge on any atom is 0.0797 e. The van der Waals surface area contributed by atoms with Crippen LogP contribution in [0.4, 0.5) is 0 Å². The lowest BCUT2D eigenvalue weighted by atomic mass is 9.48. The van der Waals surface area contributed by atoms with Crippen LogP contribution in [0.5, 0.6) is 0 Å². The van der Waals surface area contributed by atoms with Crippen molar-refractivity contribution < 1.29 is 4.74 Å². The summed E-state index contributed by atoms with van der Waals surface area (Å²) >= 11 is 0. The molecule has 8 rings (SSSR count). The lowest BCUT2D eigenvalue weighted by Gasteiger charge is -2.56. The van der Waals surface area contributed by atoms with Gasteiger partial charge < -0.3 is 4.74 Å². The van der Waals surface area contributed by atoms with E-state index in [1.807, 2.05) is 0 Å². The molecule has 2 fully saturated rings. The highest BCUT2D eigenvalue weighted by atomic mass is 16.5. The molecule has 12 atom stereocenters. The Morgan fingerprint density at radius 3 is 2.36 bits per heavy atom. The van der Waals surface area contributed by atoms with Crippen molar-refractivity contribution in [2.24, 2.45) is 53.3 Å². The van der Waals surface area contributed by atoms with Gasteiger partial charge in [-0.25, -0.2) is 0 Å². The molecule has 0 amide bonds. The second-order valence-corrected chi connectivity index (χ2v) is 13.2. The number of benzene rings is 1. The van der Waals surface area contributed by atoms with Crippen molar-refractivity contribution in [1.29, 1.82) is 0 Å². The molecular formula is C38H42O. The highest BCUT2D eigenvalue weighted by molar-refractivity contribution is 5.36. The van der Waals surface area contributed by atoms with Crippen LogP contribution in [0.2, 0.25) is 0 Å². The van der Waals surface area contributed by atoms with Crippen LogP contribution in [0.1, 0.15) is 50.0 Å². The fourth-order valence-corrected chi connectivity index (χ4v) is 10.2. The van der Waals surface area contributed by atoms with Crippen molar-refractivity contribution in [3.63, 3.8) is 0 Å². The molecule has 1 aromatic carbocycles. The third-order valence-electron chi connectivity index (χ3n) is 11.6. The maximum atomic E-state index is 6.73. The first-order valence-electron chi connectivity index (χ1n) is 15.8. The van der Waals surface area contributed by atoms with Crippen LogP contribution in [0.15, 0.2) is 115 Å². The number of fused-ring (bicyclic) bond motifs is 5. The van der Waals surface area contributed by atoms with Crippen LogP contribution in [-0.2, 0) is 4.74 Å². The second-order valence-electron chi connectivity index (χ2n) is 13.2. The first-order valence-corrected chi connectivity index (χ1v) is 15.8. The van der Waals surface area contributed by atoms with Crippen LogP contribution in [0.25, 0.3) is 0 Å². The highest BCUT2D eigenvalue weighted by Gasteiger charge is 2.56. The molecule has 1 saturated carbocycles. The molecule has 200 valence electrons. The minimum absolute atomic E-state index is 0.296. The molecule has 1 saturated heterocycles. The van der Waals surface area contributed by atoms with Gasteiger partial charge in [0.25, 0.3) is 0 Å². The Labute approximate surface area is 234 Å². The standard InChI is InChI=1S/C38H42O/c1-2-13-25(14-3-1)26-15-4-5-16-27(26)36-28-17-6-8-19-30(28)37(31-20-9-7-18-29(31)36)33-22-12-24-35-38(33)32-21-10-11-23-34(32)39-35/h1-10,12-14,17,19-21,24,26-30,32-38H,11,15-16,18,22-23H2. The van der Waals surface area contributed by atoms with Gasteiger partial charge in [0.15, 0.2) is 0 Å². The van der Waals surface area contributed by atoms with Gasteiger partial charge in [-0.05, 0) is 91.4 Å². The third kappa shape index (κ3) is 3.99. The molecule has 0 bridgehead atoms. The fourth-order valence-electron chi connectivity index (χ4n) is 10.2. The van der Waals surface area contributed by atoms with E-state index in [-0.39, 0.29) is 0 Å². The lowest BCUT2D eigenvalue weighted by molar-refractivity contribution is 0.0198. The van der Waals surface area contributed by atoms with Crippen molar-refractivity contribution in [2.75, 3.05) is 0 Å². The molecule has 7 aliphatic rings. The second kappa shape index (κ2) is 10.1. The van der Waals surface area contributed by atoms with E-state index in [2.05, 4.69) is 109 Å². The van der Waals surface area contributed by atoms with E-state index in [1.165, 1.54) is 44.1 Å². The Balaban J connectivity index is 1.20. The molecule has 1 aliphatic heterocycles. The molecule has 39 heavy (non-hydrogen) atoms. The Morgan fingerprint density at radius 2 is 1.44 bits per heavy atom. The van der Waals surface area contributed by atoms with Crippen LogP contribution in [0.3, 0.4) is 0 Å². The van der Waals surface area contributed by atoms with Gasteiger partial charge in [0.1, 0.15) is 0 Å². The third-order valence-corrected chi connectivity index (χ3v) is 11.6. The minimum Gasteiger partial charge on any atom is -0.370 e. The van der Waals surface area contributed by atoms with Crippen LogP contribution < -0.4 is 0 Å². The van der Waals surface area contributed by atoms with E-state index in [1.54, 1.807) is 5.57 Å². The van der Waals surface area contributed by atoms with Crippen molar-refractivity contribution >= 4 is 0 Å². The van der Waals surface area contributed by atoms with E-state index < -0.39 is 0 Å². The molecule has 0 aromatic heterocycles. The van der Waals surface area contributed by atoms with Gasteiger partial charge >= 0.3 is 0 Å². The summed E-state index contributed by atoms with van der Waals surface area (Å²) in [5.41, 5.74) is 3.31. The Hall–Kier alpha value is -2.64. The average molecular weight is 515 g/mol. The summed E-state index contributed by atoms with van der Waals surface area (Å²) in [4.78, 5) is 0. The molecule has 0 radical (unpaired) electrons. The van der Waals surface area contributed by atoms with Crippen LogP contribution >= 0.6 is 0 Å². The number of allylic oxidation sites excluding steroid dienone is 12. The van der Waals surface area contributed by atoms with E-state index >= 15 is 0 Å². The van der Waals surface area contributed by atoms with E-state index in [0.29, 0.717) is 71.4 Å². The van der Waals surface area contributed by atoms with Crippen LogP contribution in [0, 0.1) is 53.3 Å². The van der Waals surface area contributed by atoms with E-state index in [0.717, 1.165) is 0 Å². The molecule has 1 heterocycles. The van der Waals surface area contributed by atoms with E-state index in [9.17, 15) is 0 Å². The predicted molar refractivity (Wildman–Crippen MR) is 160 cm³/mol. The Morgan fingerprint density at radius 1 is 0.615 bits per heavy atom. The van der Waals surface area contributed by atoms with Gasteiger partial charge in [-0.15, -0.1) is 0 Å². The molecule has 6 aliphatic carbocycles. The molecule has 1 aromatic rings. The smallest absolute Gasteiger partial charge is 0.0797 e. The fraction of sp³-hybridized carbons (Fsp3) is 0.474. The van der Waals surface area contributed by atoms with Gasteiger partial charge in [0, 0.05) is 11.8 Å². The molecule has 1 nitrogen and oxygen atoms in total. The SMILES string of the molecule is C1=CCC2C(=C1)C(C1CC=CC3OC4CCC=CC4C31)C1C=CC=CC1C2C1CC=CCC1c1ccccc1. The Kier molecular flexibility index (Phi) is 6.25. The highest BCUT2D eigenvalue weighted by Crippen LogP contribution is 2.61. The summed E-state index contributed by atoms with van der Waals surface area (Å²) in [5, 5.41) is 0. The van der Waals surface area contributed by atoms with Gasteiger partial charge in [-0.2, -0.15) is 0 Å². The molecule has 1 heteroatoms. The van der Waals surface area contributed by atoms with Crippen molar-refractivity contribution in [3.8, 4) is 0 Å². The lowest BCUT2D eigenvalue weighted by Crippen LogP contribution is -2.50. The average Bonchev–Trinajstić information content (AvgIpc) is 3.39. The van der Waals surface area contributed by atoms with Crippen LogP contribution in [-0.4, -0.2) is 12.2 Å². The maximum absolute atomic E-state index is 6.73. The topological polar surface area (TPSA) is 9.23 Å². The summed E-state index contributed by atoms with van der Waals surface area (Å²) in [6, 6.07) is 11.4. The number of hydrogen-bond donors (Lipinski definition) is 0. The monoisotopic (exact) mass is 514 g/mol. The van der Waals surface area contributed by atoms with Gasteiger partial charge in [-0.1, -0.05) is 115 Å². The summed E-state index contributed by atoms with van der Waals surface area (Å²) in [6.07, 6.45) is 40.1. The zero-order valence-electron chi connectivity index (χ0n) is 23.0. The van der Waals surface area contributed by atoms with Gasteiger partial charge in [0.05, 0.1) is 12.2 Å². The quantitative estimate of drug-likeness (QED) is 0.366. The normalized spacial score (nSPS) is 45.3. The van der Waals surface area contributed by atoms with Gasteiger partial charge in [0.2, 0.25) is 0 Å². The summed E-state index contributed by atoms with van der Waals surface area (Å²) in [6.45, 7) is 0. The first kappa shape index (κ1) is 24.2. The van der Waals surface area contributed by atoms with E-state index in [4.69, 9.17) is 4.74 Å². The van der Waals surface area contributed by atoms with Crippen molar-refractivity contribution in [3.05, 3.63) is 120 Å². The zero-order chi connectivity index (χ0) is 25.8. The molecule has 0 spiro atoms. The number of rotatable bonds is 3. The predicted octanol–water partition coefficient (Wildman–Crippen LogP) is 8.77. The summed E-state index contributed by atoms with van der Waals surface area (Å²) < 4.78 is 6.73. The summed E-state index contributed by atoms with van der Waals surface area (Å²) in [7, 11) is 0.